The summed E-state index contributed by atoms with van der Waals surface area (Å²) in [4.78, 5) is 17.6. The number of hydrogen-bond donors (Lipinski definition) is 1. The molecule has 6 nitrogen and oxygen atoms in total. The van der Waals surface area contributed by atoms with Crippen LogP contribution in [-0.2, 0) is 6.54 Å². The van der Waals surface area contributed by atoms with Crippen LogP contribution in [0.4, 0.5) is 0 Å². The highest BCUT2D eigenvalue weighted by Crippen LogP contribution is 2.32. The quantitative estimate of drug-likeness (QED) is 0.534. The van der Waals surface area contributed by atoms with Crippen LogP contribution in [0, 0.1) is 0 Å². The summed E-state index contributed by atoms with van der Waals surface area (Å²) >= 11 is 0. The van der Waals surface area contributed by atoms with Gasteiger partial charge in [0.25, 0.3) is 5.91 Å². The summed E-state index contributed by atoms with van der Waals surface area (Å²) in [5, 5.41) is 7.91. The Labute approximate surface area is 180 Å². The Kier molecular flexibility index (Phi) is 5.19. The van der Waals surface area contributed by atoms with Crippen LogP contribution in [0.3, 0.4) is 0 Å². The zero-order valence-corrected chi connectivity index (χ0v) is 16.9. The molecule has 2 aromatic heterocycles. The molecule has 1 aliphatic heterocycles. The molecule has 0 radical (unpaired) electrons. The topological polar surface area (TPSA) is 69.0 Å². The second kappa shape index (κ2) is 8.44. The van der Waals surface area contributed by atoms with Crippen molar-refractivity contribution >= 4 is 5.91 Å². The van der Waals surface area contributed by atoms with Gasteiger partial charge < -0.3 is 10.1 Å². The number of nitrogens with zero attached hydrogens (tertiary/aromatic N) is 3. The monoisotopic (exact) mass is 410 g/mol. The van der Waals surface area contributed by atoms with Crippen molar-refractivity contribution in [1.82, 2.24) is 20.1 Å². The van der Waals surface area contributed by atoms with Gasteiger partial charge in [0.2, 0.25) is 0 Å². The van der Waals surface area contributed by atoms with Crippen LogP contribution in [-0.4, -0.2) is 27.3 Å². The maximum absolute atomic E-state index is 13.4. The molecule has 31 heavy (non-hydrogen) atoms. The number of para-hydroxylation sites is 1. The van der Waals surface area contributed by atoms with Gasteiger partial charge in [0.05, 0.1) is 24.8 Å². The number of ether oxygens (including phenoxy) is 1. The first-order chi connectivity index (χ1) is 15.3. The van der Waals surface area contributed by atoms with E-state index in [1.54, 1.807) is 12.4 Å². The molecule has 0 saturated carbocycles. The van der Waals surface area contributed by atoms with Crippen LogP contribution in [0.5, 0.6) is 5.75 Å². The van der Waals surface area contributed by atoms with Gasteiger partial charge in [-0.15, -0.1) is 0 Å². The summed E-state index contributed by atoms with van der Waals surface area (Å²) < 4.78 is 7.54. The SMILES string of the molecule is O=C(N[C@@H]1CCOc2ccccc21)c1cn(Cc2ccccc2)nc1-c1cccnc1. The first-order valence-electron chi connectivity index (χ1n) is 10.3. The molecule has 0 bridgehead atoms. The lowest BCUT2D eigenvalue weighted by Crippen LogP contribution is -2.32. The lowest BCUT2D eigenvalue weighted by atomic mass is 10.00. The Balaban J connectivity index is 1.47. The second-order valence-corrected chi connectivity index (χ2v) is 7.52. The van der Waals surface area contributed by atoms with E-state index in [1.165, 1.54) is 0 Å². The van der Waals surface area contributed by atoms with Crippen molar-refractivity contribution in [3.63, 3.8) is 0 Å². The third kappa shape index (κ3) is 4.05. The van der Waals surface area contributed by atoms with Crippen molar-refractivity contribution in [1.29, 1.82) is 0 Å². The van der Waals surface area contributed by atoms with E-state index in [4.69, 9.17) is 9.84 Å². The maximum Gasteiger partial charge on any atom is 0.255 e. The molecular weight excluding hydrogens is 388 g/mol. The Morgan fingerprint density at radius 3 is 2.74 bits per heavy atom. The van der Waals surface area contributed by atoms with Gasteiger partial charge in [-0.05, 0) is 23.8 Å². The minimum absolute atomic E-state index is 0.100. The number of amides is 1. The standard InChI is InChI=1S/C25H22N4O2/c30-25(27-22-12-14-31-23-11-5-4-10-20(22)23)21-17-29(16-18-7-2-1-3-8-18)28-24(21)19-9-6-13-26-15-19/h1-11,13,15,17,22H,12,14,16H2,(H,27,30)/t22-/m1/s1. The molecule has 4 aromatic rings. The number of pyridine rings is 1. The zero-order valence-electron chi connectivity index (χ0n) is 16.9. The number of carbonyl (C=O) groups is 1. The third-order valence-electron chi connectivity index (χ3n) is 5.39. The van der Waals surface area contributed by atoms with Gasteiger partial charge in [0, 0.05) is 36.1 Å². The van der Waals surface area contributed by atoms with Crippen LogP contribution in [0.1, 0.15) is 33.9 Å². The van der Waals surface area contributed by atoms with Crippen molar-refractivity contribution in [3.05, 3.63) is 102 Å². The number of hydrogen-bond acceptors (Lipinski definition) is 4. The van der Waals surface area contributed by atoms with Gasteiger partial charge in [0.15, 0.2) is 0 Å². The fraction of sp³-hybridized carbons (Fsp3) is 0.160. The number of nitrogens with one attached hydrogen (secondary N) is 1. The summed E-state index contributed by atoms with van der Waals surface area (Å²) in [6.45, 7) is 1.16. The van der Waals surface area contributed by atoms with Gasteiger partial charge in [-0.1, -0.05) is 48.5 Å². The molecule has 0 fully saturated rings. The molecule has 1 N–H and O–H groups in total. The van der Waals surface area contributed by atoms with Crippen molar-refractivity contribution < 1.29 is 9.53 Å². The first kappa shape index (κ1) is 19.1. The normalized spacial score (nSPS) is 15.0. The van der Waals surface area contributed by atoms with E-state index in [-0.39, 0.29) is 11.9 Å². The van der Waals surface area contributed by atoms with E-state index in [9.17, 15) is 4.79 Å². The lowest BCUT2D eigenvalue weighted by Gasteiger charge is -2.26. The van der Waals surface area contributed by atoms with Crippen molar-refractivity contribution in [2.75, 3.05) is 6.61 Å². The molecule has 0 saturated heterocycles. The second-order valence-electron chi connectivity index (χ2n) is 7.52. The summed E-state index contributed by atoms with van der Waals surface area (Å²) in [5.74, 6) is 0.672. The van der Waals surface area contributed by atoms with Gasteiger partial charge in [0.1, 0.15) is 11.4 Å². The summed E-state index contributed by atoms with van der Waals surface area (Å²) in [6.07, 6.45) is 5.98. The number of fused-ring (bicyclic) bond motifs is 1. The van der Waals surface area contributed by atoms with E-state index in [0.29, 0.717) is 24.4 Å². The summed E-state index contributed by atoms with van der Waals surface area (Å²) in [7, 11) is 0. The highest BCUT2D eigenvalue weighted by molar-refractivity contribution is 6.00. The number of benzene rings is 2. The fourth-order valence-electron chi connectivity index (χ4n) is 3.88. The van der Waals surface area contributed by atoms with Gasteiger partial charge in [-0.2, -0.15) is 5.10 Å². The molecular formula is C25H22N4O2. The molecule has 0 spiro atoms. The predicted molar refractivity (Wildman–Crippen MR) is 118 cm³/mol. The highest BCUT2D eigenvalue weighted by Gasteiger charge is 2.25. The van der Waals surface area contributed by atoms with Crippen LogP contribution in [0.15, 0.2) is 85.3 Å². The van der Waals surface area contributed by atoms with Crippen LogP contribution < -0.4 is 10.1 Å². The van der Waals surface area contributed by atoms with Crippen LogP contribution in [0.2, 0.25) is 0 Å². The number of rotatable bonds is 5. The van der Waals surface area contributed by atoms with E-state index >= 15 is 0 Å². The average molecular weight is 410 g/mol. The Bertz CT molecular complexity index is 1190. The van der Waals surface area contributed by atoms with Crippen molar-refractivity contribution in [3.8, 4) is 17.0 Å². The molecule has 0 aliphatic carbocycles. The van der Waals surface area contributed by atoms with Gasteiger partial charge in [-0.25, -0.2) is 0 Å². The molecule has 1 amide bonds. The van der Waals surface area contributed by atoms with Crippen LogP contribution >= 0.6 is 0 Å². The number of carbonyl (C=O) groups excluding carboxylic acids is 1. The Hall–Kier alpha value is -3.93. The molecule has 154 valence electrons. The minimum atomic E-state index is -0.153. The Morgan fingerprint density at radius 1 is 1.06 bits per heavy atom. The first-order valence-corrected chi connectivity index (χ1v) is 10.3. The van der Waals surface area contributed by atoms with Crippen molar-refractivity contribution in [2.24, 2.45) is 0 Å². The van der Waals surface area contributed by atoms with Crippen LogP contribution in [0.25, 0.3) is 11.3 Å². The van der Waals surface area contributed by atoms with Crippen molar-refractivity contribution in [2.45, 2.75) is 19.0 Å². The third-order valence-corrected chi connectivity index (χ3v) is 5.39. The van der Waals surface area contributed by atoms with E-state index in [2.05, 4.69) is 10.3 Å². The predicted octanol–water partition coefficient (Wildman–Crippen LogP) is 4.25. The lowest BCUT2D eigenvalue weighted by molar-refractivity contribution is 0.0925. The molecule has 1 atom stereocenters. The fourth-order valence-corrected chi connectivity index (χ4v) is 3.88. The number of aromatic nitrogens is 3. The van der Waals surface area contributed by atoms with Gasteiger partial charge >= 0.3 is 0 Å². The summed E-state index contributed by atoms with van der Waals surface area (Å²) in [5.41, 5.74) is 4.09. The molecule has 2 aromatic carbocycles. The average Bonchev–Trinajstić information content (AvgIpc) is 3.24. The molecule has 1 aliphatic rings. The zero-order chi connectivity index (χ0) is 21.0. The van der Waals surface area contributed by atoms with E-state index < -0.39 is 0 Å². The minimum Gasteiger partial charge on any atom is -0.493 e. The Morgan fingerprint density at radius 2 is 1.90 bits per heavy atom. The van der Waals surface area contributed by atoms with Gasteiger partial charge in [-0.3, -0.25) is 14.5 Å². The largest absolute Gasteiger partial charge is 0.493 e. The molecule has 6 heteroatoms. The maximum atomic E-state index is 13.4. The summed E-state index contributed by atoms with van der Waals surface area (Å²) in [6, 6.07) is 21.6. The molecule has 3 heterocycles. The van der Waals surface area contributed by atoms with E-state index in [1.807, 2.05) is 77.6 Å². The highest BCUT2D eigenvalue weighted by atomic mass is 16.5. The van der Waals surface area contributed by atoms with E-state index in [0.717, 1.165) is 28.9 Å². The smallest absolute Gasteiger partial charge is 0.255 e. The molecule has 5 rings (SSSR count). The molecule has 0 unspecified atom stereocenters.